The van der Waals surface area contributed by atoms with Gasteiger partial charge in [-0.25, -0.2) is 9.78 Å². The zero-order chi connectivity index (χ0) is 12.1. The van der Waals surface area contributed by atoms with Crippen molar-refractivity contribution in [2.45, 2.75) is 20.0 Å². The molecule has 0 aliphatic carbocycles. The van der Waals surface area contributed by atoms with Crippen molar-refractivity contribution >= 4 is 17.3 Å². The number of carbonyl (C=O) groups excluding carboxylic acids is 1. The first-order chi connectivity index (χ1) is 8.29. The summed E-state index contributed by atoms with van der Waals surface area (Å²) in [5.74, 6) is -0.300. The summed E-state index contributed by atoms with van der Waals surface area (Å²) in [6.07, 6.45) is 2.42. The highest BCUT2D eigenvalue weighted by Gasteiger charge is 2.11. The van der Waals surface area contributed by atoms with Crippen LogP contribution in [0.5, 0.6) is 0 Å². The van der Waals surface area contributed by atoms with Crippen LogP contribution >= 0.6 is 11.3 Å². The summed E-state index contributed by atoms with van der Waals surface area (Å²) in [4.78, 5) is 16.4. The van der Waals surface area contributed by atoms with Crippen molar-refractivity contribution in [2.24, 2.45) is 0 Å². The molecule has 0 fully saturated rings. The van der Waals surface area contributed by atoms with Gasteiger partial charge in [0.15, 0.2) is 0 Å². The molecule has 1 aromatic carbocycles. The van der Waals surface area contributed by atoms with Gasteiger partial charge in [0.05, 0.1) is 11.2 Å². The van der Waals surface area contributed by atoms with E-state index < -0.39 is 0 Å². The third kappa shape index (κ3) is 3.14. The number of hydrogen-bond donors (Lipinski definition) is 0. The number of hydrogen-bond acceptors (Lipinski definition) is 4. The van der Waals surface area contributed by atoms with E-state index in [4.69, 9.17) is 4.74 Å². The number of aryl methyl sites for hydroxylation is 1. The second-order valence-electron chi connectivity index (χ2n) is 3.53. The van der Waals surface area contributed by atoms with E-state index in [0.29, 0.717) is 11.5 Å². The zero-order valence-corrected chi connectivity index (χ0v) is 10.4. The normalized spacial score (nSPS) is 10.2. The lowest BCUT2D eigenvalue weighted by molar-refractivity contribution is 0.0478. The maximum atomic E-state index is 11.7. The van der Waals surface area contributed by atoms with E-state index in [1.54, 1.807) is 6.20 Å². The molecule has 0 saturated carbocycles. The SMILES string of the molecule is CCc1ncc(C(=O)OCc2ccccc2)s1. The molecule has 1 aromatic heterocycles. The molecule has 0 aliphatic rings. The highest BCUT2D eigenvalue weighted by Crippen LogP contribution is 2.15. The van der Waals surface area contributed by atoms with Gasteiger partial charge >= 0.3 is 5.97 Å². The van der Waals surface area contributed by atoms with Crippen molar-refractivity contribution in [3.63, 3.8) is 0 Å². The third-order valence-corrected chi connectivity index (χ3v) is 3.39. The van der Waals surface area contributed by atoms with E-state index in [9.17, 15) is 4.79 Å². The first kappa shape index (κ1) is 11.8. The van der Waals surface area contributed by atoms with Gasteiger partial charge in [0, 0.05) is 0 Å². The van der Waals surface area contributed by atoms with Crippen LogP contribution in [0, 0.1) is 0 Å². The van der Waals surface area contributed by atoms with Crippen molar-refractivity contribution in [1.82, 2.24) is 4.98 Å². The Kier molecular flexibility index (Phi) is 3.88. The molecule has 2 aromatic rings. The summed E-state index contributed by atoms with van der Waals surface area (Å²) in [5, 5.41) is 0.955. The summed E-state index contributed by atoms with van der Waals surface area (Å²) < 4.78 is 5.20. The molecule has 0 saturated heterocycles. The third-order valence-electron chi connectivity index (χ3n) is 2.27. The Balaban J connectivity index is 1.93. The number of aromatic nitrogens is 1. The second-order valence-corrected chi connectivity index (χ2v) is 4.65. The van der Waals surface area contributed by atoms with Crippen LogP contribution in [-0.2, 0) is 17.8 Å². The minimum Gasteiger partial charge on any atom is -0.457 e. The van der Waals surface area contributed by atoms with Crippen molar-refractivity contribution in [2.75, 3.05) is 0 Å². The Morgan fingerprint density at radius 3 is 2.76 bits per heavy atom. The van der Waals surface area contributed by atoms with Crippen molar-refractivity contribution in [3.8, 4) is 0 Å². The number of nitrogens with zero attached hydrogens (tertiary/aromatic N) is 1. The van der Waals surface area contributed by atoms with Crippen LogP contribution in [-0.4, -0.2) is 11.0 Å². The number of rotatable bonds is 4. The maximum Gasteiger partial charge on any atom is 0.350 e. The predicted octanol–water partition coefficient (Wildman–Crippen LogP) is 3.06. The Morgan fingerprint density at radius 2 is 2.12 bits per heavy atom. The minimum absolute atomic E-state index is 0.300. The van der Waals surface area contributed by atoms with Gasteiger partial charge in [-0.15, -0.1) is 11.3 Å². The summed E-state index contributed by atoms with van der Waals surface area (Å²) in [7, 11) is 0. The largest absolute Gasteiger partial charge is 0.457 e. The first-order valence-corrected chi connectivity index (χ1v) is 6.27. The van der Waals surface area contributed by atoms with Gasteiger partial charge in [0.1, 0.15) is 11.5 Å². The number of thiazole rings is 1. The van der Waals surface area contributed by atoms with Crippen molar-refractivity contribution in [1.29, 1.82) is 0 Å². The first-order valence-electron chi connectivity index (χ1n) is 5.45. The summed E-state index contributed by atoms with van der Waals surface area (Å²) in [5.41, 5.74) is 0.987. The van der Waals surface area contributed by atoms with Gasteiger partial charge in [-0.3, -0.25) is 0 Å². The highest BCUT2D eigenvalue weighted by molar-refractivity contribution is 7.13. The average molecular weight is 247 g/mol. The lowest BCUT2D eigenvalue weighted by atomic mass is 10.2. The molecule has 0 radical (unpaired) electrons. The van der Waals surface area contributed by atoms with Crippen LogP contribution in [0.2, 0.25) is 0 Å². The van der Waals surface area contributed by atoms with Crippen molar-refractivity contribution < 1.29 is 9.53 Å². The molecule has 0 amide bonds. The molecule has 0 atom stereocenters. The fourth-order valence-corrected chi connectivity index (χ4v) is 2.11. The minimum atomic E-state index is -0.300. The molecule has 4 heteroatoms. The lowest BCUT2D eigenvalue weighted by Gasteiger charge is -2.02. The Hall–Kier alpha value is -1.68. The maximum absolute atomic E-state index is 11.7. The smallest absolute Gasteiger partial charge is 0.350 e. The van der Waals surface area contributed by atoms with Gasteiger partial charge in [0.2, 0.25) is 0 Å². The molecule has 2 rings (SSSR count). The predicted molar refractivity (Wildman–Crippen MR) is 67.1 cm³/mol. The van der Waals surface area contributed by atoms with Crippen LogP contribution in [0.4, 0.5) is 0 Å². The van der Waals surface area contributed by atoms with E-state index in [1.807, 2.05) is 37.3 Å². The standard InChI is InChI=1S/C13H13NO2S/c1-2-12-14-8-11(17-12)13(15)16-9-10-6-4-3-5-7-10/h3-8H,2,9H2,1H3. The van der Waals surface area contributed by atoms with E-state index in [1.165, 1.54) is 11.3 Å². The molecule has 1 heterocycles. The summed E-state index contributed by atoms with van der Waals surface area (Å²) in [6, 6.07) is 9.63. The lowest BCUT2D eigenvalue weighted by Crippen LogP contribution is -2.02. The number of carbonyl (C=O) groups is 1. The molecule has 0 unspecified atom stereocenters. The van der Waals surface area contributed by atoms with Crippen LogP contribution in [0.15, 0.2) is 36.5 Å². The Bertz CT molecular complexity index is 493. The molecule has 88 valence electrons. The fraction of sp³-hybridized carbons (Fsp3) is 0.231. The molecule has 0 N–H and O–H groups in total. The Labute approximate surface area is 104 Å². The monoisotopic (exact) mass is 247 g/mol. The zero-order valence-electron chi connectivity index (χ0n) is 9.55. The number of ether oxygens (including phenoxy) is 1. The van der Waals surface area contributed by atoms with Crippen LogP contribution in [0.25, 0.3) is 0 Å². The molecule has 0 bridgehead atoms. The van der Waals surface area contributed by atoms with Crippen LogP contribution < -0.4 is 0 Å². The second kappa shape index (κ2) is 5.59. The Morgan fingerprint density at radius 1 is 1.35 bits per heavy atom. The quantitative estimate of drug-likeness (QED) is 0.779. The molecule has 3 nitrogen and oxygen atoms in total. The molecule has 0 spiro atoms. The van der Waals surface area contributed by atoms with Gasteiger partial charge in [-0.05, 0) is 12.0 Å². The average Bonchev–Trinajstić information content (AvgIpc) is 2.86. The van der Waals surface area contributed by atoms with E-state index in [-0.39, 0.29) is 5.97 Å². The van der Waals surface area contributed by atoms with Gasteiger partial charge in [0.25, 0.3) is 0 Å². The molecule has 17 heavy (non-hydrogen) atoms. The summed E-state index contributed by atoms with van der Waals surface area (Å²) in [6.45, 7) is 2.32. The van der Waals surface area contributed by atoms with Crippen LogP contribution in [0.3, 0.4) is 0 Å². The topological polar surface area (TPSA) is 39.2 Å². The van der Waals surface area contributed by atoms with Gasteiger partial charge in [-0.1, -0.05) is 37.3 Å². The molecular formula is C13H13NO2S. The highest BCUT2D eigenvalue weighted by atomic mass is 32.1. The molecule has 0 aliphatic heterocycles. The van der Waals surface area contributed by atoms with E-state index in [2.05, 4.69) is 4.98 Å². The van der Waals surface area contributed by atoms with Crippen LogP contribution in [0.1, 0.15) is 27.2 Å². The number of esters is 1. The van der Waals surface area contributed by atoms with Gasteiger partial charge < -0.3 is 4.74 Å². The van der Waals surface area contributed by atoms with E-state index >= 15 is 0 Å². The van der Waals surface area contributed by atoms with E-state index in [0.717, 1.165) is 17.0 Å². The molecular weight excluding hydrogens is 234 g/mol. The van der Waals surface area contributed by atoms with Gasteiger partial charge in [-0.2, -0.15) is 0 Å². The van der Waals surface area contributed by atoms with Crippen molar-refractivity contribution in [3.05, 3.63) is 52.0 Å². The summed E-state index contributed by atoms with van der Waals surface area (Å²) >= 11 is 1.39. The fourth-order valence-electron chi connectivity index (χ4n) is 1.36. The number of benzene rings is 1.